The molecular formula is C22H27ClN2O3. The van der Waals surface area contributed by atoms with Gasteiger partial charge in [0.1, 0.15) is 12.6 Å². The van der Waals surface area contributed by atoms with Gasteiger partial charge in [0, 0.05) is 13.0 Å². The molecular weight excluding hydrogens is 376 g/mol. The van der Waals surface area contributed by atoms with E-state index in [0.29, 0.717) is 13.0 Å². The molecule has 1 heterocycles. The van der Waals surface area contributed by atoms with Crippen molar-refractivity contribution in [1.29, 1.82) is 0 Å². The SMILES string of the molecule is CC(C)[C@H](N)C(=O)N1Cc2ccccc2C[C@H]1C(=O)OCc1ccccc1.Cl. The number of hydrogen-bond donors (Lipinski definition) is 1. The first kappa shape index (κ1) is 21.9. The van der Waals surface area contributed by atoms with Crippen LogP contribution in [0.25, 0.3) is 0 Å². The quantitative estimate of drug-likeness (QED) is 0.780. The van der Waals surface area contributed by atoms with E-state index in [-0.39, 0.29) is 30.8 Å². The summed E-state index contributed by atoms with van der Waals surface area (Å²) in [7, 11) is 0. The van der Waals surface area contributed by atoms with E-state index in [2.05, 4.69) is 0 Å². The number of carbonyl (C=O) groups excluding carboxylic acids is 2. The molecule has 28 heavy (non-hydrogen) atoms. The van der Waals surface area contributed by atoms with Crippen molar-refractivity contribution in [3.8, 4) is 0 Å². The molecule has 0 radical (unpaired) electrons. The third-order valence-corrected chi connectivity index (χ3v) is 5.03. The van der Waals surface area contributed by atoms with Crippen LogP contribution in [0.2, 0.25) is 0 Å². The van der Waals surface area contributed by atoms with Crippen LogP contribution >= 0.6 is 12.4 Å². The first-order valence-corrected chi connectivity index (χ1v) is 9.30. The van der Waals surface area contributed by atoms with Crippen LogP contribution in [0.5, 0.6) is 0 Å². The van der Waals surface area contributed by atoms with E-state index in [9.17, 15) is 9.59 Å². The second kappa shape index (κ2) is 9.71. The van der Waals surface area contributed by atoms with Gasteiger partial charge in [-0.3, -0.25) is 4.79 Å². The number of carbonyl (C=O) groups is 2. The molecule has 2 aromatic rings. The Morgan fingerprint density at radius 3 is 2.32 bits per heavy atom. The van der Waals surface area contributed by atoms with Gasteiger partial charge in [-0.2, -0.15) is 0 Å². The summed E-state index contributed by atoms with van der Waals surface area (Å²) in [5.41, 5.74) is 9.13. The minimum Gasteiger partial charge on any atom is -0.459 e. The Bertz CT molecular complexity index is 810. The predicted octanol–water partition coefficient (Wildman–Crippen LogP) is 3.09. The zero-order chi connectivity index (χ0) is 19.4. The van der Waals surface area contributed by atoms with E-state index in [1.165, 1.54) is 0 Å². The van der Waals surface area contributed by atoms with Crippen LogP contribution in [0.1, 0.15) is 30.5 Å². The Labute approximate surface area is 172 Å². The number of fused-ring (bicyclic) bond motifs is 1. The number of amides is 1. The highest BCUT2D eigenvalue weighted by Crippen LogP contribution is 2.25. The maximum Gasteiger partial charge on any atom is 0.329 e. The van der Waals surface area contributed by atoms with Crippen LogP contribution in [0.15, 0.2) is 54.6 Å². The fourth-order valence-corrected chi connectivity index (χ4v) is 3.27. The molecule has 5 nitrogen and oxygen atoms in total. The molecule has 150 valence electrons. The Morgan fingerprint density at radius 2 is 1.68 bits per heavy atom. The minimum atomic E-state index is -0.652. The monoisotopic (exact) mass is 402 g/mol. The Kier molecular flexibility index (Phi) is 7.61. The van der Waals surface area contributed by atoms with Gasteiger partial charge in [0.05, 0.1) is 6.04 Å². The summed E-state index contributed by atoms with van der Waals surface area (Å²) >= 11 is 0. The van der Waals surface area contributed by atoms with Crippen molar-refractivity contribution in [2.24, 2.45) is 11.7 Å². The van der Waals surface area contributed by atoms with E-state index in [4.69, 9.17) is 10.5 Å². The number of ether oxygens (including phenoxy) is 1. The van der Waals surface area contributed by atoms with Gasteiger partial charge in [-0.1, -0.05) is 68.4 Å². The smallest absolute Gasteiger partial charge is 0.329 e. The van der Waals surface area contributed by atoms with E-state index >= 15 is 0 Å². The summed E-state index contributed by atoms with van der Waals surface area (Å²) in [6.45, 7) is 4.38. The van der Waals surface area contributed by atoms with Gasteiger partial charge in [-0.05, 0) is 22.6 Å². The first-order valence-electron chi connectivity index (χ1n) is 9.30. The maximum atomic E-state index is 12.9. The molecule has 2 atom stereocenters. The molecule has 0 aromatic heterocycles. The van der Waals surface area contributed by atoms with Gasteiger partial charge in [0.25, 0.3) is 0 Å². The number of hydrogen-bond acceptors (Lipinski definition) is 4. The zero-order valence-corrected chi connectivity index (χ0v) is 17.0. The molecule has 2 aromatic carbocycles. The van der Waals surface area contributed by atoms with Crippen molar-refractivity contribution in [1.82, 2.24) is 4.90 Å². The van der Waals surface area contributed by atoms with Gasteiger partial charge >= 0.3 is 5.97 Å². The molecule has 2 N–H and O–H groups in total. The summed E-state index contributed by atoms with van der Waals surface area (Å²) in [6.07, 6.45) is 0.445. The molecule has 3 rings (SSSR count). The first-order chi connectivity index (χ1) is 13.0. The lowest BCUT2D eigenvalue weighted by molar-refractivity contribution is -0.158. The fourth-order valence-electron chi connectivity index (χ4n) is 3.27. The number of nitrogens with two attached hydrogens (primary N) is 1. The highest BCUT2D eigenvalue weighted by atomic mass is 35.5. The predicted molar refractivity (Wildman–Crippen MR) is 111 cm³/mol. The number of rotatable bonds is 5. The summed E-state index contributed by atoms with van der Waals surface area (Å²) in [5, 5.41) is 0. The maximum absolute atomic E-state index is 12.9. The van der Waals surface area contributed by atoms with Crippen LogP contribution in [0.4, 0.5) is 0 Å². The van der Waals surface area contributed by atoms with E-state index < -0.39 is 18.1 Å². The van der Waals surface area contributed by atoms with E-state index in [0.717, 1.165) is 16.7 Å². The molecule has 0 unspecified atom stereocenters. The van der Waals surface area contributed by atoms with E-state index in [1.807, 2.05) is 68.4 Å². The minimum absolute atomic E-state index is 0. The van der Waals surface area contributed by atoms with Crippen LogP contribution < -0.4 is 5.73 Å². The van der Waals surface area contributed by atoms with Crippen molar-refractivity contribution in [3.05, 3.63) is 71.3 Å². The van der Waals surface area contributed by atoms with Gasteiger partial charge < -0.3 is 15.4 Å². The van der Waals surface area contributed by atoms with E-state index in [1.54, 1.807) is 4.90 Å². The summed E-state index contributed by atoms with van der Waals surface area (Å²) in [5.74, 6) is -0.602. The van der Waals surface area contributed by atoms with Crippen molar-refractivity contribution in [3.63, 3.8) is 0 Å². The molecule has 0 aliphatic carbocycles. The molecule has 6 heteroatoms. The lowest BCUT2D eigenvalue weighted by atomic mass is 9.92. The lowest BCUT2D eigenvalue weighted by Gasteiger charge is -2.37. The van der Waals surface area contributed by atoms with Gasteiger partial charge in [0.15, 0.2) is 0 Å². The van der Waals surface area contributed by atoms with Crippen molar-refractivity contribution in [2.45, 2.75) is 45.5 Å². The average molecular weight is 403 g/mol. The fraction of sp³-hybridized carbons (Fsp3) is 0.364. The molecule has 0 fully saturated rings. The normalized spacial score (nSPS) is 16.7. The number of benzene rings is 2. The van der Waals surface area contributed by atoms with Crippen LogP contribution in [-0.2, 0) is 33.9 Å². The zero-order valence-electron chi connectivity index (χ0n) is 16.2. The summed E-state index contributed by atoms with van der Waals surface area (Å²) in [6, 6.07) is 16.1. The molecule has 1 aliphatic rings. The Hall–Kier alpha value is -2.37. The van der Waals surface area contributed by atoms with Crippen LogP contribution in [0, 0.1) is 5.92 Å². The van der Waals surface area contributed by atoms with Crippen LogP contribution in [0.3, 0.4) is 0 Å². The molecule has 1 aliphatic heterocycles. The highest BCUT2D eigenvalue weighted by molar-refractivity contribution is 5.88. The molecule has 0 bridgehead atoms. The highest BCUT2D eigenvalue weighted by Gasteiger charge is 2.38. The number of halogens is 1. The third-order valence-electron chi connectivity index (χ3n) is 5.03. The average Bonchev–Trinajstić information content (AvgIpc) is 2.70. The van der Waals surface area contributed by atoms with Gasteiger partial charge in [-0.25, -0.2) is 4.79 Å². The molecule has 1 amide bonds. The molecule has 0 saturated carbocycles. The van der Waals surface area contributed by atoms with Crippen molar-refractivity contribution >= 4 is 24.3 Å². The second-order valence-corrected chi connectivity index (χ2v) is 7.32. The van der Waals surface area contributed by atoms with Crippen molar-refractivity contribution < 1.29 is 14.3 Å². The largest absolute Gasteiger partial charge is 0.459 e. The van der Waals surface area contributed by atoms with Crippen LogP contribution in [-0.4, -0.2) is 28.9 Å². The molecule has 0 saturated heterocycles. The lowest BCUT2D eigenvalue weighted by Crippen LogP contribution is -2.55. The second-order valence-electron chi connectivity index (χ2n) is 7.32. The topological polar surface area (TPSA) is 72.6 Å². The van der Waals surface area contributed by atoms with Gasteiger partial charge in [0.2, 0.25) is 5.91 Å². The Balaban J connectivity index is 0.00000280. The van der Waals surface area contributed by atoms with Crippen molar-refractivity contribution in [2.75, 3.05) is 0 Å². The standard InChI is InChI=1S/C22H26N2O3.ClH/c1-15(2)20(23)21(25)24-13-18-11-7-6-10-17(18)12-19(24)22(26)27-14-16-8-4-3-5-9-16;/h3-11,15,19-20H,12-14,23H2,1-2H3;1H/t19-,20-;/m0./s1. The number of nitrogens with zero attached hydrogens (tertiary/aromatic N) is 1. The third kappa shape index (κ3) is 4.91. The summed E-state index contributed by atoms with van der Waals surface area (Å²) < 4.78 is 5.53. The summed E-state index contributed by atoms with van der Waals surface area (Å²) in [4.78, 5) is 27.3. The molecule has 0 spiro atoms. The Morgan fingerprint density at radius 1 is 1.07 bits per heavy atom. The number of esters is 1. The van der Waals surface area contributed by atoms with Gasteiger partial charge in [-0.15, -0.1) is 12.4 Å².